The van der Waals surface area contributed by atoms with E-state index in [9.17, 15) is 19.8 Å². The summed E-state index contributed by atoms with van der Waals surface area (Å²) in [7, 11) is 1.63. The summed E-state index contributed by atoms with van der Waals surface area (Å²) in [5.74, 6) is -2.03. The van der Waals surface area contributed by atoms with Gasteiger partial charge in [-0.25, -0.2) is 9.78 Å². The first-order valence-corrected chi connectivity index (χ1v) is 14.1. The van der Waals surface area contributed by atoms with Crippen molar-refractivity contribution in [3.05, 3.63) is 47.3 Å². The number of hydrogen-bond acceptors (Lipinski definition) is 5. The lowest BCUT2D eigenvalue weighted by atomic mass is 9.95. The Balaban J connectivity index is 2.04. The van der Waals surface area contributed by atoms with Gasteiger partial charge < -0.3 is 19.9 Å². The van der Waals surface area contributed by atoms with Crippen molar-refractivity contribution in [2.45, 2.75) is 107 Å². The number of aliphatic hydroxyl groups is 1. The minimum Gasteiger partial charge on any atom is -0.481 e. The van der Waals surface area contributed by atoms with E-state index in [0.29, 0.717) is 5.16 Å². The second-order valence-electron chi connectivity index (χ2n) is 9.46. The molecule has 200 valence electrons. The van der Waals surface area contributed by atoms with E-state index in [2.05, 4.69) is 18.0 Å². The molecule has 0 aliphatic carbocycles. The van der Waals surface area contributed by atoms with Crippen LogP contribution >= 0.6 is 11.8 Å². The molecule has 8 heteroatoms. The molecule has 1 aromatic heterocycles. The SMILES string of the molecule is CCCCCCCCCCCCc1ccccc1C(Sc1ncc(C(=O)O)n1C)C(O)CCC(=O)O. The van der Waals surface area contributed by atoms with Gasteiger partial charge in [-0.2, -0.15) is 0 Å². The van der Waals surface area contributed by atoms with Crippen LogP contribution in [0.15, 0.2) is 35.6 Å². The van der Waals surface area contributed by atoms with Gasteiger partial charge in [0.05, 0.1) is 17.6 Å². The number of carboxylic acids is 2. The molecule has 0 radical (unpaired) electrons. The molecule has 0 aliphatic heterocycles. The van der Waals surface area contributed by atoms with E-state index in [1.54, 1.807) is 7.05 Å². The number of carbonyl (C=O) groups is 2. The third-order valence-electron chi connectivity index (χ3n) is 6.56. The predicted molar refractivity (Wildman–Crippen MR) is 144 cm³/mol. The standard InChI is InChI=1S/C28H42N2O5S/c1-3-4-5-6-7-8-9-10-11-12-15-21-16-13-14-17-22(21)26(24(31)18-19-25(32)33)36-28-29-20-23(27(34)35)30(28)2/h13-14,16-17,20,24,26,31H,3-12,15,18-19H2,1-2H3,(H,32,33)(H,34,35). The predicted octanol–water partition coefficient (Wildman–Crippen LogP) is 6.64. The van der Waals surface area contributed by atoms with Crippen molar-refractivity contribution in [2.24, 2.45) is 7.05 Å². The van der Waals surface area contributed by atoms with Gasteiger partial charge in [-0.05, 0) is 30.4 Å². The molecule has 0 bridgehead atoms. The zero-order chi connectivity index (χ0) is 26.3. The van der Waals surface area contributed by atoms with Gasteiger partial charge in [0.15, 0.2) is 5.16 Å². The number of aromatic carboxylic acids is 1. The number of unbranched alkanes of at least 4 members (excludes halogenated alkanes) is 9. The number of hydrogen-bond donors (Lipinski definition) is 3. The van der Waals surface area contributed by atoms with Crippen LogP contribution < -0.4 is 0 Å². The molecule has 0 fully saturated rings. The molecular weight excluding hydrogens is 476 g/mol. The van der Waals surface area contributed by atoms with E-state index in [1.165, 1.54) is 73.9 Å². The zero-order valence-electron chi connectivity index (χ0n) is 21.7. The number of imidazole rings is 1. The largest absolute Gasteiger partial charge is 0.481 e. The highest BCUT2D eigenvalue weighted by molar-refractivity contribution is 7.99. The zero-order valence-corrected chi connectivity index (χ0v) is 22.5. The minimum absolute atomic E-state index is 0.0647. The highest BCUT2D eigenvalue weighted by Gasteiger charge is 2.27. The smallest absolute Gasteiger partial charge is 0.354 e. The Morgan fingerprint density at radius 1 is 0.972 bits per heavy atom. The number of benzene rings is 1. The summed E-state index contributed by atoms with van der Waals surface area (Å²) in [6.45, 7) is 2.24. The maximum Gasteiger partial charge on any atom is 0.354 e. The van der Waals surface area contributed by atoms with E-state index >= 15 is 0 Å². The van der Waals surface area contributed by atoms with Crippen LogP contribution in [0.4, 0.5) is 0 Å². The van der Waals surface area contributed by atoms with Crippen LogP contribution in [0.1, 0.15) is 111 Å². The lowest BCUT2D eigenvalue weighted by Gasteiger charge is -2.25. The lowest BCUT2D eigenvalue weighted by molar-refractivity contribution is -0.137. The number of aliphatic carboxylic acids is 1. The first kappa shape index (κ1) is 29.9. The Hall–Kier alpha value is -2.32. The molecule has 0 saturated carbocycles. The molecule has 1 aromatic carbocycles. The third kappa shape index (κ3) is 9.97. The molecule has 2 rings (SSSR count). The molecular formula is C28H42N2O5S. The highest BCUT2D eigenvalue weighted by Crippen LogP contribution is 2.40. The number of aromatic nitrogens is 2. The number of nitrogens with zero attached hydrogens (tertiary/aromatic N) is 2. The number of aryl methyl sites for hydroxylation is 1. The van der Waals surface area contributed by atoms with Gasteiger partial charge in [0.2, 0.25) is 0 Å². The molecule has 0 saturated heterocycles. The van der Waals surface area contributed by atoms with Crippen LogP contribution in [0.5, 0.6) is 0 Å². The highest BCUT2D eigenvalue weighted by atomic mass is 32.2. The van der Waals surface area contributed by atoms with Gasteiger partial charge in [-0.1, -0.05) is 101 Å². The van der Waals surface area contributed by atoms with E-state index in [-0.39, 0.29) is 18.5 Å². The normalized spacial score (nSPS) is 13.0. The molecule has 36 heavy (non-hydrogen) atoms. The topological polar surface area (TPSA) is 113 Å². The molecule has 2 atom stereocenters. The van der Waals surface area contributed by atoms with Crippen LogP contribution in [0.25, 0.3) is 0 Å². The minimum atomic E-state index is -1.07. The van der Waals surface area contributed by atoms with Gasteiger partial charge in [0.25, 0.3) is 0 Å². The van der Waals surface area contributed by atoms with Gasteiger partial charge in [0.1, 0.15) is 5.69 Å². The summed E-state index contributed by atoms with van der Waals surface area (Å²) in [6, 6.07) is 7.97. The van der Waals surface area contributed by atoms with Crippen LogP contribution in [0.3, 0.4) is 0 Å². The summed E-state index contributed by atoms with van der Waals surface area (Å²) in [6.07, 6.45) is 13.9. The van der Waals surface area contributed by atoms with Crippen LogP contribution in [-0.2, 0) is 18.3 Å². The summed E-state index contributed by atoms with van der Waals surface area (Å²) >= 11 is 1.28. The average Bonchev–Trinajstić information content (AvgIpc) is 3.22. The Labute approximate surface area is 219 Å². The maximum atomic E-state index is 11.4. The molecule has 2 aromatic rings. The van der Waals surface area contributed by atoms with Crippen molar-refractivity contribution in [2.75, 3.05) is 0 Å². The summed E-state index contributed by atoms with van der Waals surface area (Å²) < 4.78 is 1.49. The summed E-state index contributed by atoms with van der Waals surface area (Å²) in [5.41, 5.74) is 2.16. The van der Waals surface area contributed by atoms with E-state index in [0.717, 1.165) is 30.4 Å². The number of rotatable bonds is 19. The van der Waals surface area contributed by atoms with Crippen molar-refractivity contribution in [3.8, 4) is 0 Å². The molecule has 2 unspecified atom stereocenters. The molecule has 0 spiro atoms. The quantitative estimate of drug-likeness (QED) is 0.141. The van der Waals surface area contributed by atoms with E-state index in [4.69, 9.17) is 5.11 Å². The average molecular weight is 519 g/mol. The Morgan fingerprint density at radius 2 is 1.58 bits per heavy atom. The fraction of sp³-hybridized carbons (Fsp3) is 0.607. The van der Waals surface area contributed by atoms with E-state index in [1.807, 2.05) is 18.2 Å². The Kier molecular flexibility index (Phi) is 13.6. The van der Waals surface area contributed by atoms with Crippen molar-refractivity contribution >= 4 is 23.7 Å². The molecule has 3 N–H and O–H groups in total. The first-order valence-electron chi connectivity index (χ1n) is 13.2. The second kappa shape index (κ2) is 16.4. The maximum absolute atomic E-state index is 11.4. The van der Waals surface area contributed by atoms with Crippen molar-refractivity contribution in [1.29, 1.82) is 0 Å². The van der Waals surface area contributed by atoms with Crippen molar-refractivity contribution < 1.29 is 24.9 Å². The summed E-state index contributed by atoms with van der Waals surface area (Å²) in [5, 5.41) is 29.5. The number of carboxylic acid groups (broad SMARTS) is 2. The van der Waals surface area contributed by atoms with Gasteiger partial charge in [-0.3, -0.25) is 4.79 Å². The lowest BCUT2D eigenvalue weighted by Crippen LogP contribution is -2.19. The van der Waals surface area contributed by atoms with Gasteiger partial charge in [0, 0.05) is 13.5 Å². The summed E-state index contributed by atoms with van der Waals surface area (Å²) in [4.78, 5) is 26.8. The van der Waals surface area contributed by atoms with Crippen LogP contribution in [-0.4, -0.2) is 42.9 Å². The third-order valence-corrected chi connectivity index (χ3v) is 7.97. The van der Waals surface area contributed by atoms with Crippen molar-refractivity contribution in [3.63, 3.8) is 0 Å². The first-order chi connectivity index (χ1) is 17.3. The fourth-order valence-corrected chi connectivity index (χ4v) is 5.68. The van der Waals surface area contributed by atoms with Gasteiger partial charge in [-0.15, -0.1) is 0 Å². The Bertz CT molecular complexity index is 946. The Morgan fingerprint density at radius 3 is 2.17 bits per heavy atom. The monoisotopic (exact) mass is 518 g/mol. The van der Waals surface area contributed by atoms with Crippen LogP contribution in [0.2, 0.25) is 0 Å². The molecule has 7 nitrogen and oxygen atoms in total. The second-order valence-corrected chi connectivity index (χ2v) is 10.6. The molecule has 0 amide bonds. The van der Waals surface area contributed by atoms with Crippen molar-refractivity contribution in [1.82, 2.24) is 9.55 Å². The van der Waals surface area contributed by atoms with Gasteiger partial charge >= 0.3 is 11.9 Å². The fourth-order valence-electron chi connectivity index (χ4n) is 4.43. The molecule has 1 heterocycles. The number of aliphatic hydroxyl groups excluding tert-OH is 1. The van der Waals surface area contributed by atoms with E-state index < -0.39 is 23.3 Å². The van der Waals surface area contributed by atoms with Crippen LogP contribution in [0, 0.1) is 0 Å². The number of thioether (sulfide) groups is 1. The molecule has 0 aliphatic rings.